The van der Waals surface area contributed by atoms with Crippen LogP contribution in [0.3, 0.4) is 0 Å². The molecular weight excluding hydrogens is 352 g/mol. The number of rotatable bonds is 6. The first-order valence-electron chi connectivity index (χ1n) is 9.11. The minimum Gasteiger partial charge on any atom is -0.461 e. The Morgan fingerprint density at radius 2 is 1.86 bits per heavy atom. The monoisotopic (exact) mass is 372 g/mol. The van der Waals surface area contributed by atoms with Crippen LogP contribution >= 0.6 is 0 Å². The lowest BCUT2D eigenvalue weighted by molar-refractivity contribution is -0.116. The summed E-state index contributed by atoms with van der Waals surface area (Å²) in [6.07, 6.45) is 0.879. The van der Waals surface area contributed by atoms with E-state index in [1.54, 1.807) is 0 Å². The molecule has 0 radical (unpaired) electrons. The number of aromatic nitrogens is 3. The Morgan fingerprint density at radius 3 is 2.64 bits per heavy atom. The lowest BCUT2D eigenvalue weighted by atomic mass is 10.2. The third-order valence-corrected chi connectivity index (χ3v) is 4.32. The van der Waals surface area contributed by atoms with Crippen LogP contribution in [0.1, 0.15) is 18.0 Å². The van der Waals surface area contributed by atoms with E-state index in [1.165, 1.54) is 0 Å². The fourth-order valence-corrected chi connectivity index (χ4v) is 2.94. The number of H-pyrrole nitrogens is 1. The summed E-state index contributed by atoms with van der Waals surface area (Å²) >= 11 is 0. The zero-order valence-corrected chi connectivity index (χ0v) is 15.5. The first-order valence-corrected chi connectivity index (χ1v) is 9.11. The van der Waals surface area contributed by atoms with E-state index in [4.69, 9.17) is 4.42 Å². The molecule has 0 aliphatic rings. The summed E-state index contributed by atoms with van der Waals surface area (Å²) in [5.74, 6) is 2.89. The number of furan rings is 1. The molecule has 2 heterocycles. The molecule has 28 heavy (non-hydrogen) atoms. The molecule has 2 aromatic heterocycles. The van der Waals surface area contributed by atoms with E-state index < -0.39 is 0 Å². The van der Waals surface area contributed by atoms with Crippen LogP contribution in [0.15, 0.2) is 71.1 Å². The highest BCUT2D eigenvalue weighted by atomic mass is 16.3. The van der Waals surface area contributed by atoms with Gasteiger partial charge in [-0.1, -0.05) is 42.5 Å². The normalized spacial score (nSPS) is 10.8. The van der Waals surface area contributed by atoms with Crippen LogP contribution in [-0.2, 0) is 11.2 Å². The molecule has 0 aliphatic heterocycles. The maximum absolute atomic E-state index is 12.3. The number of anilines is 1. The van der Waals surface area contributed by atoms with Gasteiger partial charge in [-0.3, -0.25) is 9.89 Å². The molecule has 6 nitrogen and oxygen atoms in total. The van der Waals surface area contributed by atoms with Crippen LogP contribution in [0, 0.1) is 6.92 Å². The molecule has 0 fully saturated rings. The van der Waals surface area contributed by atoms with Crippen LogP contribution in [0.2, 0.25) is 0 Å². The number of hydrogen-bond donors (Lipinski definition) is 2. The lowest BCUT2D eigenvalue weighted by Crippen LogP contribution is -2.12. The fourth-order valence-electron chi connectivity index (χ4n) is 2.94. The molecule has 0 bridgehead atoms. The summed E-state index contributed by atoms with van der Waals surface area (Å²) in [6, 6.07) is 21.3. The molecular formula is C22H20N4O2. The van der Waals surface area contributed by atoms with Crippen molar-refractivity contribution in [1.29, 1.82) is 0 Å². The third-order valence-electron chi connectivity index (χ3n) is 4.32. The fraction of sp³-hybridized carbons (Fsp3) is 0.136. The van der Waals surface area contributed by atoms with E-state index in [-0.39, 0.29) is 5.91 Å². The van der Waals surface area contributed by atoms with E-state index in [2.05, 4.69) is 20.5 Å². The maximum atomic E-state index is 12.3. The van der Waals surface area contributed by atoms with Crippen molar-refractivity contribution in [3.05, 3.63) is 78.3 Å². The highest BCUT2D eigenvalue weighted by molar-refractivity contribution is 5.91. The highest BCUT2D eigenvalue weighted by Gasteiger charge is 2.09. The Labute approximate surface area is 162 Å². The Hall–Kier alpha value is -3.67. The Morgan fingerprint density at radius 1 is 1.04 bits per heavy atom. The van der Waals surface area contributed by atoms with Gasteiger partial charge in [0, 0.05) is 29.7 Å². The molecule has 4 rings (SSSR count). The van der Waals surface area contributed by atoms with Gasteiger partial charge >= 0.3 is 0 Å². The van der Waals surface area contributed by atoms with Crippen molar-refractivity contribution in [2.24, 2.45) is 0 Å². The minimum atomic E-state index is -0.0685. The Balaban J connectivity index is 1.36. The van der Waals surface area contributed by atoms with Crippen LogP contribution in [0.25, 0.3) is 22.7 Å². The van der Waals surface area contributed by atoms with Gasteiger partial charge in [0.25, 0.3) is 0 Å². The van der Waals surface area contributed by atoms with Crippen molar-refractivity contribution < 1.29 is 9.21 Å². The van der Waals surface area contributed by atoms with Crippen molar-refractivity contribution in [3.8, 4) is 22.7 Å². The van der Waals surface area contributed by atoms with E-state index in [0.717, 1.165) is 34.2 Å². The lowest BCUT2D eigenvalue weighted by Gasteiger charge is -2.06. The number of nitrogens with one attached hydrogen (secondary N) is 2. The number of carbonyl (C=O) groups excluding carboxylic acids is 1. The molecule has 0 saturated heterocycles. The number of nitrogens with zero attached hydrogens (tertiary/aromatic N) is 2. The molecule has 2 N–H and O–H groups in total. The standard InChI is InChI=1S/C22H20N4O2/c1-15-23-22(26-25-15)17-8-5-9-18(14-17)24-21(27)13-11-19-10-12-20(28-19)16-6-3-2-4-7-16/h2-10,12,14H,11,13H2,1H3,(H,24,27)(H,23,25,26). The van der Waals surface area contributed by atoms with Crippen molar-refractivity contribution in [2.75, 3.05) is 5.32 Å². The first kappa shape index (κ1) is 17.7. The summed E-state index contributed by atoms with van der Waals surface area (Å²) < 4.78 is 5.85. The largest absolute Gasteiger partial charge is 0.461 e. The SMILES string of the molecule is Cc1nc(-c2cccc(NC(=O)CCc3ccc(-c4ccccc4)o3)c2)n[nH]1. The molecule has 140 valence electrons. The first-order chi connectivity index (χ1) is 13.7. The molecule has 0 atom stereocenters. The van der Waals surface area contributed by atoms with Gasteiger partial charge in [-0.15, -0.1) is 0 Å². The van der Waals surface area contributed by atoms with Crippen molar-refractivity contribution in [3.63, 3.8) is 0 Å². The number of carbonyl (C=O) groups is 1. The number of benzene rings is 2. The predicted molar refractivity (Wildman–Crippen MR) is 108 cm³/mol. The second-order valence-corrected chi connectivity index (χ2v) is 6.51. The average Bonchev–Trinajstić information content (AvgIpc) is 3.36. The van der Waals surface area contributed by atoms with Crippen LogP contribution < -0.4 is 5.32 Å². The summed E-state index contributed by atoms with van der Waals surface area (Å²) in [7, 11) is 0. The summed E-state index contributed by atoms with van der Waals surface area (Å²) in [5, 5.41) is 9.89. The van der Waals surface area contributed by atoms with Crippen LogP contribution in [0.4, 0.5) is 5.69 Å². The van der Waals surface area contributed by atoms with Gasteiger partial charge in [-0.05, 0) is 31.2 Å². The van der Waals surface area contributed by atoms with Gasteiger partial charge in [-0.2, -0.15) is 5.10 Å². The van der Waals surface area contributed by atoms with Crippen LogP contribution in [0.5, 0.6) is 0 Å². The average molecular weight is 372 g/mol. The van der Waals surface area contributed by atoms with Gasteiger partial charge in [-0.25, -0.2) is 4.98 Å². The molecule has 0 aliphatic carbocycles. The Bertz CT molecular complexity index is 1080. The van der Waals surface area contributed by atoms with Gasteiger partial charge in [0.2, 0.25) is 5.91 Å². The number of hydrogen-bond acceptors (Lipinski definition) is 4. The van der Waals surface area contributed by atoms with Crippen LogP contribution in [-0.4, -0.2) is 21.1 Å². The van der Waals surface area contributed by atoms with Gasteiger partial charge in [0.05, 0.1) is 0 Å². The minimum absolute atomic E-state index is 0.0685. The second-order valence-electron chi connectivity index (χ2n) is 6.51. The highest BCUT2D eigenvalue weighted by Crippen LogP contribution is 2.23. The molecule has 1 amide bonds. The summed E-state index contributed by atoms with van der Waals surface area (Å²) in [5.41, 5.74) is 2.59. The predicted octanol–water partition coefficient (Wildman–Crippen LogP) is 4.61. The second kappa shape index (κ2) is 7.92. The smallest absolute Gasteiger partial charge is 0.224 e. The van der Waals surface area contributed by atoms with E-state index in [9.17, 15) is 4.79 Å². The van der Waals surface area contributed by atoms with Gasteiger partial charge < -0.3 is 9.73 Å². The Kier molecular flexibility index (Phi) is 5.01. The third kappa shape index (κ3) is 4.17. The molecule has 0 unspecified atom stereocenters. The van der Waals surface area contributed by atoms with Gasteiger partial charge in [0.15, 0.2) is 5.82 Å². The number of aromatic amines is 1. The number of aryl methyl sites for hydroxylation is 2. The van der Waals surface area contributed by atoms with E-state index in [1.807, 2.05) is 73.7 Å². The maximum Gasteiger partial charge on any atom is 0.224 e. The molecule has 4 aromatic rings. The zero-order valence-electron chi connectivity index (χ0n) is 15.5. The topological polar surface area (TPSA) is 83.8 Å². The zero-order chi connectivity index (χ0) is 19.3. The van der Waals surface area contributed by atoms with Crippen molar-refractivity contribution >= 4 is 11.6 Å². The quantitative estimate of drug-likeness (QED) is 0.518. The van der Waals surface area contributed by atoms with Crippen molar-refractivity contribution in [2.45, 2.75) is 19.8 Å². The number of amides is 1. The van der Waals surface area contributed by atoms with E-state index >= 15 is 0 Å². The summed E-state index contributed by atoms with van der Waals surface area (Å²) in [6.45, 7) is 1.85. The molecule has 6 heteroatoms. The van der Waals surface area contributed by atoms with E-state index in [0.29, 0.717) is 18.7 Å². The van der Waals surface area contributed by atoms with Gasteiger partial charge in [0.1, 0.15) is 17.3 Å². The molecule has 2 aromatic carbocycles. The molecule has 0 spiro atoms. The van der Waals surface area contributed by atoms with Crippen molar-refractivity contribution in [1.82, 2.24) is 15.2 Å². The molecule has 0 saturated carbocycles. The summed E-state index contributed by atoms with van der Waals surface area (Å²) in [4.78, 5) is 16.6.